The number of aliphatic hydroxyl groups is 1. The minimum Gasteiger partial charge on any atom is -0.390 e. The molecule has 1 rings (SSSR count). The number of aliphatic hydroxyl groups excluding tert-OH is 1. The Kier molecular flexibility index (Phi) is 4.65. The number of rotatable bonds is 5. The van der Waals surface area contributed by atoms with E-state index in [1.165, 1.54) is 0 Å². The number of anilines is 1. The van der Waals surface area contributed by atoms with E-state index < -0.39 is 0 Å². The highest BCUT2D eigenvalue weighted by molar-refractivity contribution is 5.40. The molecule has 0 aliphatic rings. The van der Waals surface area contributed by atoms with E-state index in [0.29, 0.717) is 12.2 Å². The first-order valence-corrected chi connectivity index (χ1v) is 5.07. The lowest BCUT2D eigenvalue weighted by Gasteiger charge is -2.20. The smallest absolute Gasteiger partial charge is 0.129 e. The van der Waals surface area contributed by atoms with Crippen LogP contribution in [0.15, 0.2) is 18.2 Å². The summed E-state index contributed by atoms with van der Waals surface area (Å²) in [5.74, 6) is 3.45. The van der Waals surface area contributed by atoms with E-state index in [1.54, 1.807) is 6.07 Å². The second-order valence-corrected chi connectivity index (χ2v) is 3.27. The molecular formula is C12H16N2O. The van der Waals surface area contributed by atoms with Crippen molar-refractivity contribution < 1.29 is 5.11 Å². The van der Waals surface area contributed by atoms with Gasteiger partial charge in [0.1, 0.15) is 5.82 Å². The van der Waals surface area contributed by atoms with Crippen LogP contribution in [-0.2, 0) is 6.61 Å². The molecule has 1 heterocycles. The summed E-state index contributed by atoms with van der Waals surface area (Å²) in [5, 5.41) is 8.98. The lowest BCUT2D eigenvalue weighted by atomic mass is 10.3. The number of nitrogens with zero attached hydrogens (tertiary/aromatic N) is 2. The third-order valence-corrected chi connectivity index (χ3v) is 2.05. The molecule has 15 heavy (non-hydrogen) atoms. The first kappa shape index (κ1) is 11.5. The number of terminal acetylenes is 1. The van der Waals surface area contributed by atoms with E-state index in [9.17, 15) is 0 Å². The van der Waals surface area contributed by atoms with Gasteiger partial charge in [-0.15, -0.1) is 6.42 Å². The van der Waals surface area contributed by atoms with E-state index in [2.05, 4.69) is 17.8 Å². The molecule has 3 heteroatoms. The molecule has 0 saturated carbocycles. The van der Waals surface area contributed by atoms with Crippen molar-refractivity contribution in [1.29, 1.82) is 0 Å². The van der Waals surface area contributed by atoms with Crippen LogP contribution in [0.25, 0.3) is 0 Å². The normalized spacial score (nSPS) is 9.67. The molecule has 3 nitrogen and oxygen atoms in total. The fraction of sp³-hybridized carbons (Fsp3) is 0.417. The monoisotopic (exact) mass is 204 g/mol. The standard InChI is InChI=1S/C12H16N2O/c1-3-8-14(9-4-2)12-7-5-6-11(10-15)13-12/h1,5-7,15H,4,8-10H2,2H3. The zero-order valence-electron chi connectivity index (χ0n) is 8.98. The minimum absolute atomic E-state index is 0.0378. The largest absolute Gasteiger partial charge is 0.390 e. The second kappa shape index (κ2) is 6.05. The van der Waals surface area contributed by atoms with Crippen LogP contribution >= 0.6 is 0 Å². The van der Waals surface area contributed by atoms with Gasteiger partial charge in [-0.1, -0.05) is 18.9 Å². The Balaban J connectivity index is 2.85. The molecular weight excluding hydrogens is 188 g/mol. The Morgan fingerprint density at radius 3 is 2.93 bits per heavy atom. The average molecular weight is 204 g/mol. The maximum absolute atomic E-state index is 8.98. The molecule has 0 radical (unpaired) electrons. The van der Waals surface area contributed by atoms with Gasteiger partial charge in [-0.05, 0) is 18.6 Å². The van der Waals surface area contributed by atoms with Crippen LogP contribution in [0.2, 0.25) is 0 Å². The Labute approximate surface area is 90.8 Å². The van der Waals surface area contributed by atoms with Gasteiger partial charge in [-0.25, -0.2) is 4.98 Å². The maximum atomic E-state index is 8.98. The number of hydrogen-bond donors (Lipinski definition) is 1. The molecule has 0 saturated heterocycles. The summed E-state index contributed by atoms with van der Waals surface area (Å²) in [4.78, 5) is 6.34. The van der Waals surface area contributed by atoms with Gasteiger partial charge in [0.2, 0.25) is 0 Å². The van der Waals surface area contributed by atoms with E-state index in [1.807, 2.05) is 17.0 Å². The van der Waals surface area contributed by atoms with Crippen molar-refractivity contribution in [3.8, 4) is 12.3 Å². The minimum atomic E-state index is -0.0378. The van der Waals surface area contributed by atoms with Crippen LogP contribution in [0.4, 0.5) is 5.82 Å². The van der Waals surface area contributed by atoms with Crippen LogP contribution < -0.4 is 4.90 Å². The van der Waals surface area contributed by atoms with Crippen molar-refractivity contribution in [2.45, 2.75) is 20.0 Å². The summed E-state index contributed by atoms with van der Waals surface area (Å²) in [6.45, 7) is 3.49. The highest BCUT2D eigenvalue weighted by Gasteiger charge is 2.05. The lowest BCUT2D eigenvalue weighted by molar-refractivity contribution is 0.277. The van der Waals surface area contributed by atoms with Gasteiger partial charge in [0.15, 0.2) is 0 Å². The van der Waals surface area contributed by atoms with Gasteiger partial charge in [0, 0.05) is 6.54 Å². The zero-order chi connectivity index (χ0) is 11.1. The van der Waals surface area contributed by atoms with Crippen LogP contribution in [-0.4, -0.2) is 23.2 Å². The Morgan fingerprint density at radius 1 is 1.53 bits per heavy atom. The van der Waals surface area contributed by atoms with Gasteiger partial charge < -0.3 is 10.0 Å². The molecule has 0 bridgehead atoms. The van der Waals surface area contributed by atoms with Crippen LogP contribution in [0.1, 0.15) is 19.0 Å². The Hall–Kier alpha value is -1.53. The molecule has 0 spiro atoms. The molecule has 0 aromatic carbocycles. The Morgan fingerprint density at radius 2 is 2.33 bits per heavy atom. The van der Waals surface area contributed by atoms with Crippen molar-refractivity contribution in [1.82, 2.24) is 4.98 Å². The summed E-state index contributed by atoms with van der Waals surface area (Å²) in [5.41, 5.74) is 0.672. The first-order chi connectivity index (χ1) is 7.31. The summed E-state index contributed by atoms with van der Waals surface area (Å²) in [7, 11) is 0. The predicted molar refractivity (Wildman–Crippen MR) is 61.5 cm³/mol. The predicted octanol–water partition coefficient (Wildman–Crippen LogP) is 1.42. The molecule has 0 aliphatic heterocycles. The van der Waals surface area contributed by atoms with Gasteiger partial charge >= 0.3 is 0 Å². The van der Waals surface area contributed by atoms with Gasteiger partial charge in [-0.2, -0.15) is 0 Å². The van der Waals surface area contributed by atoms with Crippen molar-refractivity contribution >= 4 is 5.82 Å². The second-order valence-electron chi connectivity index (χ2n) is 3.27. The molecule has 80 valence electrons. The topological polar surface area (TPSA) is 36.4 Å². The van der Waals surface area contributed by atoms with E-state index >= 15 is 0 Å². The fourth-order valence-corrected chi connectivity index (χ4v) is 1.39. The van der Waals surface area contributed by atoms with E-state index in [4.69, 9.17) is 11.5 Å². The van der Waals surface area contributed by atoms with Crippen molar-refractivity contribution in [2.24, 2.45) is 0 Å². The number of aromatic nitrogens is 1. The highest BCUT2D eigenvalue weighted by Crippen LogP contribution is 2.11. The highest BCUT2D eigenvalue weighted by atomic mass is 16.3. The average Bonchev–Trinajstić information content (AvgIpc) is 2.29. The van der Waals surface area contributed by atoms with Crippen molar-refractivity contribution in [3.05, 3.63) is 23.9 Å². The number of pyridine rings is 1. The lowest BCUT2D eigenvalue weighted by Crippen LogP contribution is -2.25. The first-order valence-electron chi connectivity index (χ1n) is 5.07. The van der Waals surface area contributed by atoms with E-state index in [0.717, 1.165) is 18.8 Å². The molecule has 1 aromatic heterocycles. The molecule has 0 unspecified atom stereocenters. The maximum Gasteiger partial charge on any atom is 0.129 e. The molecule has 1 N–H and O–H groups in total. The Bertz CT molecular complexity index is 344. The third kappa shape index (κ3) is 3.26. The molecule has 0 amide bonds. The fourth-order valence-electron chi connectivity index (χ4n) is 1.39. The van der Waals surface area contributed by atoms with Crippen molar-refractivity contribution in [2.75, 3.05) is 18.0 Å². The molecule has 1 aromatic rings. The van der Waals surface area contributed by atoms with Gasteiger partial charge in [0.05, 0.1) is 18.8 Å². The summed E-state index contributed by atoms with van der Waals surface area (Å²) >= 11 is 0. The van der Waals surface area contributed by atoms with E-state index in [-0.39, 0.29) is 6.61 Å². The molecule has 0 aliphatic carbocycles. The van der Waals surface area contributed by atoms with Crippen LogP contribution in [0.5, 0.6) is 0 Å². The quantitative estimate of drug-likeness (QED) is 0.737. The SMILES string of the molecule is C#CCN(CCC)c1cccc(CO)n1. The third-order valence-electron chi connectivity index (χ3n) is 2.05. The molecule has 0 atom stereocenters. The molecule has 0 fully saturated rings. The summed E-state index contributed by atoms with van der Waals surface area (Å²) in [6.07, 6.45) is 6.32. The van der Waals surface area contributed by atoms with Gasteiger partial charge in [-0.3, -0.25) is 0 Å². The van der Waals surface area contributed by atoms with Gasteiger partial charge in [0.25, 0.3) is 0 Å². The van der Waals surface area contributed by atoms with Crippen molar-refractivity contribution in [3.63, 3.8) is 0 Å². The summed E-state index contributed by atoms with van der Waals surface area (Å²) < 4.78 is 0. The zero-order valence-corrected chi connectivity index (χ0v) is 8.98. The van der Waals surface area contributed by atoms with Crippen LogP contribution in [0.3, 0.4) is 0 Å². The number of hydrogen-bond acceptors (Lipinski definition) is 3. The van der Waals surface area contributed by atoms with Crippen LogP contribution in [0, 0.1) is 12.3 Å². The summed E-state index contributed by atoms with van der Waals surface area (Å²) in [6, 6.07) is 5.59.